The zero-order valence-corrected chi connectivity index (χ0v) is 8.38. The summed E-state index contributed by atoms with van der Waals surface area (Å²) in [6.07, 6.45) is 5.19. The summed E-state index contributed by atoms with van der Waals surface area (Å²) in [5.41, 5.74) is 0. The lowest BCUT2D eigenvalue weighted by Crippen LogP contribution is -2.17. The van der Waals surface area contributed by atoms with Gasteiger partial charge in [0.25, 0.3) is 0 Å². The van der Waals surface area contributed by atoms with Crippen LogP contribution in [0.3, 0.4) is 0 Å². The van der Waals surface area contributed by atoms with Crippen LogP contribution in [0.5, 0.6) is 0 Å². The van der Waals surface area contributed by atoms with Crippen LogP contribution in [0, 0.1) is 11.8 Å². The molecule has 60 valence electrons. The number of rotatable bonds is 2. The molecule has 0 saturated heterocycles. The van der Waals surface area contributed by atoms with Crippen LogP contribution in [0.4, 0.5) is 0 Å². The quantitative estimate of drug-likeness (QED) is 0.591. The zero-order valence-electron chi connectivity index (χ0n) is 6.22. The van der Waals surface area contributed by atoms with Crippen molar-refractivity contribution in [3.8, 4) is 0 Å². The molecule has 10 heavy (non-hydrogen) atoms. The van der Waals surface area contributed by atoms with E-state index in [1.54, 1.807) is 0 Å². The van der Waals surface area contributed by atoms with E-state index < -0.39 is 0 Å². The summed E-state index contributed by atoms with van der Waals surface area (Å²) in [6.45, 7) is 0.411. The van der Waals surface area contributed by atoms with Gasteiger partial charge in [0.1, 0.15) is 0 Å². The van der Waals surface area contributed by atoms with Crippen LogP contribution < -0.4 is 0 Å². The normalized spacial score (nSPS) is 34.2. The number of halogens is 1. The summed E-state index contributed by atoms with van der Waals surface area (Å²) in [5, 5.41) is 8.85. The third-order valence-electron chi connectivity index (χ3n) is 2.44. The van der Waals surface area contributed by atoms with Crippen molar-refractivity contribution < 1.29 is 5.11 Å². The summed E-state index contributed by atoms with van der Waals surface area (Å²) in [6, 6.07) is 0. The van der Waals surface area contributed by atoms with Gasteiger partial charge < -0.3 is 5.11 Å². The van der Waals surface area contributed by atoms with Gasteiger partial charge in [-0.3, -0.25) is 0 Å². The summed E-state index contributed by atoms with van der Waals surface area (Å²) in [4.78, 5) is 0. The molecule has 0 aromatic rings. The van der Waals surface area contributed by atoms with Gasteiger partial charge in [0.15, 0.2) is 0 Å². The highest BCUT2D eigenvalue weighted by atomic mass is 127. The number of hydrogen-bond donors (Lipinski definition) is 1. The topological polar surface area (TPSA) is 20.2 Å². The van der Waals surface area contributed by atoms with E-state index >= 15 is 0 Å². The third-order valence-corrected chi connectivity index (χ3v) is 3.69. The fraction of sp³-hybridized carbons (Fsp3) is 1.00. The Morgan fingerprint density at radius 1 is 1.10 bits per heavy atom. The first kappa shape index (κ1) is 8.78. The van der Waals surface area contributed by atoms with Gasteiger partial charge in [0.2, 0.25) is 0 Å². The van der Waals surface area contributed by atoms with E-state index in [0.717, 1.165) is 5.92 Å². The average Bonchev–Trinajstić information content (AvgIpc) is 2.05. The van der Waals surface area contributed by atoms with Crippen LogP contribution >= 0.6 is 22.6 Å². The number of aliphatic hydroxyl groups is 1. The summed E-state index contributed by atoms with van der Waals surface area (Å²) in [5.74, 6) is 1.57. The van der Waals surface area contributed by atoms with Crippen LogP contribution in [-0.2, 0) is 0 Å². The van der Waals surface area contributed by atoms with Crippen LogP contribution in [-0.4, -0.2) is 16.1 Å². The Morgan fingerprint density at radius 3 is 2.00 bits per heavy atom. The molecule has 0 unspecified atom stereocenters. The molecule has 1 aliphatic carbocycles. The summed E-state index contributed by atoms with van der Waals surface area (Å²) < 4.78 is 1.30. The van der Waals surface area contributed by atoms with Gasteiger partial charge in [-0.1, -0.05) is 22.6 Å². The second-order valence-corrected chi connectivity index (χ2v) is 4.10. The molecular weight excluding hydrogens is 239 g/mol. The number of alkyl halides is 1. The van der Waals surface area contributed by atoms with Crippen molar-refractivity contribution in [3.63, 3.8) is 0 Å². The molecule has 1 aliphatic rings. The molecule has 0 atom stereocenters. The van der Waals surface area contributed by atoms with Crippen LogP contribution in [0.15, 0.2) is 0 Å². The lowest BCUT2D eigenvalue weighted by Gasteiger charge is -2.25. The molecule has 0 heterocycles. The van der Waals surface area contributed by atoms with Crippen molar-refractivity contribution in [3.05, 3.63) is 0 Å². The Labute approximate surface area is 76.3 Å². The Bertz CT molecular complexity index is 75.3. The molecule has 1 N–H and O–H groups in total. The van der Waals surface area contributed by atoms with Crippen LogP contribution in [0.1, 0.15) is 25.7 Å². The van der Waals surface area contributed by atoms with Crippen molar-refractivity contribution in [2.24, 2.45) is 11.8 Å². The van der Waals surface area contributed by atoms with Gasteiger partial charge in [-0.15, -0.1) is 0 Å². The Balaban J connectivity index is 2.17. The minimum Gasteiger partial charge on any atom is -0.396 e. The maximum atomic E-state index is 8.85. The van der Waals surface area contributed by atoms with E-state index in [0.29, 0.717) is 12.5 Å². The maximum absolute atomic E-state index is 8.85. The average molecular weight is 254 g/mol. The lowest BCUT2D eigenvalue weighted by molar-refractivity contribution is 0.173. The molecule has 0 aromatic heterocycles. The smallest absolute Gasteiger partial charge is 0.0459 e. The molecule has 1 saturated carbocycles. The summed E-state index contributed by atoms with van der Waals surface area (Å²) in [7, 11) is 0. The van der Waals surface area contributed by atoms with Gasteiger partial charge in [-0.05, 0) is 37.5 Å². The number of hydrogen-bond acceptors (Lipinski definition) is 1. The van der Waals surface area contributed by atoms with Gasteiger partial charge >= 0.3 is 0 Å². The maximum Gasteiger partial charge on any atom is 0.0459 e. The van der Waals surface area contributed by atoms with Crippen LogP contribution in [0.2, 0.25) is 0 Å². The first-order chi connectivity index (χ1) is 4.86. The summed E-state index contributed by atoms with van der Waals surface area (Å²) >= 11 is 2.46. The van der Waals surface area contributed by atoms with Gasteiger partial charge in [-0.2, -0.15) is 0 Å². The highest BCUT2D eigenvalue weighted by molar-refractivity contribution is 14.1. The van der Waals surface area contributed by atoms with E-state index in [1.807, 2.05) is 0 Å². The highest BCUT2D eigenvalue weighted by Gasteiger charge is 2.18. The molecule has 0 spiro atoms. The van der Waals surface area contributed by atoms with E-state index in [4.69, 9.17) is 5.11 Å². The molecule has 1 rings (SSSR count). The molecule has 1 fully saturated rings. The van der Waals surface area contributed by atoms with Crippen molar-refractivity contribution in [1.29, 1.82) is 0 Å². The first-order valence-corrected chi connectivity index (χ1v) is 5.56. The fourth-order valence-corrected chi connectivity index (χ4v) is 2.45. The molecule has 0 aliphatic heterocycles. The van der Waals surface area contributed by atoms with Gasteiger partial charge in [-0.25, -0.2) is 0 Å². The van der Waals surface area contributed by atoms with Crippen LogP contribution in [0.25, 0.3) is 0 Å². The fourth-order valence-electron chi connectivity index (χ4n) is 1.57. The Morgan fingerprint density at radius 2 is 1.60 bits per heavy atom. The molecular formula is C8H15IO. The minimum absolute atomic E-state index is 0.411. The largest absolute Gasteiger partial charge is 0.396 e. The second kappa shape index (κ2) is 4.54. The standard InChI is InChI=1S/C8H15IO/c9-5-7-1-3-8(6-10)4-2-7/h7-8,10H,1-6H2/t7-,8-. The minimum atomic E-state index is 0.411. The highest BCUT2D eigenvalue weighted by Crippen LogP contribution is 2.29. The molecule has 0 amide bonds. The van der Waals surface area contributed by atoms with E-state index in [-0.39, 0.29) is 0 Å². The molecule has 0 radical (unpaired) electrons. The van der Waals surface area contributed by atoms with Gasteiger partial charge in [0.05, 0.1) is 0 Å². The van der Waals surface area contributed by atoms with E-state index in [2.05, 4.69) is 22.6 Å². The Kier molecular flexibility index (Phi) is 3.99. The predicted molar refractivity (Wildman–Crippen MR) is 51.4 cm³/mol. The van der Waals surface area contributed by atoms with E-state index in [1.165, 1.54) is 30.1 Å². The van der Waals surface area contributed by atoms with Gasteiger partial charge in [0, 0.05) is 11.0 Å². The van der Waals surface area contributed by atoms with Crippen molar-refractivity contribution in [1.82, 2.24) is 0 Å². The van der Waals surface area contributed by atoms with E-state index in [9.17, 15) is 0 Å². The molecule has 2 heteroatoms. The van der Waals surface area contributed by atoms with Crippen molar-refractivity contribution in [2.45, 2.75) is 25.7 Å². The lowest BCUT2D eigenvalue weighted by atomic mass is 9.83. The third kappa shape index (κ3) is 2.38. The molecule has 1 nitrogen and oxygen atoms in total. The van der Waals surface area contributed by atoms with Crippen molar-refractivity contribution >= 4 is 22.6 Å². The first-order valence-electron chi connectivity index (χ1n) is 4.03. The number of aliphatic hydroxyl groups excluding tert-OH is 1. The monoisotopic (exact) mass is 254 g/mol. The molecule has 0 aromatic carbocycles. The Hall–Kier alpha value is 0.690. The second-order valence-electron chi connectivity index (χ2n) is 3.22. The zero-order chi connectivity index (χ0) is 7.40. The molecule has 0 bridgehead atoms. The SMILES string of the molecule is OC[C@H]1CC[C@H](CI)CC1. The van der Waals surface area contributed by atoms with Crippen molar-refractivity contribution in [2.75, 3.05) is 11.0 Å². The predicted octanol–water partition coefficient (Wildman–Crippen LogP) is 2.22.